The van der Waals surface area contributed by atoms with Crippen LogP contribution >= 0.6 is 31.9 Å². The molecule has 1 aliphatic carbocycles. The van der Waals surface area contributed by atoms with Crippen LogP contribution < -0.4 is 14.8 Å². The Bertz CT molecular complexity index is 1460. The lowest BCUT2D eigenvalue weighted by Crippen LogP contribution is -2.42. The molecule has 0 saturated heterocycles. The number of halogens is 14. The van der Waals surface area contributed by atoms with Gasteiger partial charge < -0.3 is 25.0 Å². The van der Waals surface area contributed by atoms with E-state index in [2.05, 4.69) is 56.6 Å². The molecule has 1 aliphatic rings. The van der Waals surface area contributed by atoms with Crippen molar-refractivity contribution in [1.82, 2.24) is 15.3 Å². The van der Waals surface area contributed by atoms with E-state index >= 15 is 0 Å². The molecule has 1 atom stereocenters. The van der Waals surface area contributed by atoms with Gasteiger partial charge in [0, 0.05) is 6.54 Å². The van der Waals surface area contributed by atoms with Gasteiger partial charge in [0.05, 0.1) is 25.7 Å². The van der Waals surface area contributed by atoms with Crippen molar-refractivity contribution in [3.05, 3.63) is 43.6 Å². The Morgan fingerprint density at radius 2 is 1.19 bits per heavy atom. The number of amides is 1. The molecule has 1 unspecified atom stereocenters. The zero-order valence-electron chi connectivity index (χ0n) is 23.0. The molecule has 1 amide bonds. The molecule has 1 saturated carbocycles. The third-order valence-electron chi connectivity index (χ3n) is 5.71. The standard InChI is InChI=1S/C15H15BrF6N2O3.C9H4BrF6NO3/c1-13(26,7-2-3-7)5-23-11(25)8-4-9(16)12(27-6-14(17,18)19)24-10(8)15(20,21)22;10-4-1-3(7(18)19)5(9(14,15)16)17-6(4)20-2-8(11,12)13/h4,7,26H,2-3,5-6H2,1H3,(H,23,25);1H,2H2,(H,18,19). The van der Waals surface area contributed by atoms with Crippen molar-refractivity contribution in [2.24, 2.45) is 5.92 Å². The summed E-state index contributed by atoms with van der Waals surface area (Å²) in [6, 6.07) is 1.16. The normalized spacial score (nSPS) is 15.2. The van der Waals surface area contributed by atoms with Crippen LogP contribution in [0.4, 0.5) is 52.7 Å². The maximum atomic E-state index is 13.2. The number of nitrogens with one attached hydrogen (secondary N) is 1. The van der Waals surface area contributed by atoms with E-state index in [1.807, 2.05) is 0 Å². The Balaban J connectivity index is 0.000000343. The summed E-state index contributed by atoms with van der Waals surface area (Å²) in [5.74, 6) is -5.09. The molecule has 264 valence electrons. The fourth-order valence-electron chi connectivity index (χ4n) is 3.42. The van der Waals surface area contributed by atoms with Crippen LogP contribution in [0.1, 0.15) is 51.9 Å². The second-order valence-electron chi connectivity index (χ2n) is 9.77. The van der Waals surface area contributed by atoms with Gasteiger partial charge in [-0.15, -0.1) is 0 Å². The zero-order chi connectivity index (χ0) is 36.3. The minimum absolute atomic E-state index is 0.0529. The first kappa shape index (κ1) is 40.1. The van der Waals surface area contributed by atoms with E-state index in [-0.39, 0.29) is 16.9 Å². The van der Waals surface area contributed by atoms with Crippen LogP contribution in [0.15, 0.2) is 21.1 Å². The molecule has 0 radical (unpaired) electrons. The second-order valence-corrected chi connectivity index (χ2v) is 11.5. The highest BCUT2D eigenvalue weighted by Gasteiger charge is 2.42. The summed E-state index contributed by atoms with van der Waals surface area (Å²) in [6.07, 6.45) is -18.3. The summed E-state index contributed by atoms with van der Waals surface area (Å²) in [7, 11) is 0. The fourth-order valence-corrected chi connectivity index (χ4v) is 4.28. The zero-order valence-corrected chi connectivity index (χ0v) is 26.2. The van der Waals surface area contributed by atoms with Gasteiger partial charge in [-0.25, -0.2) is 14.8 Å². The molecule has 2 aromatic rings. The molecule has 9 nitrogen and oxygen atoms in total. The number of hydrogen-bond donors (Lipinski definition) is 3. The van der Waals surface area contributed by atoms with Crippen molar-refractivity contribution in [2.75, 3.05) is 19.8 Å². The predicted molar refractivity (Wildman–Crippen MR) is 140 cm³/mol. The van der Waals surface area contributed by atoms with Gasteiger partial charge in [-0.05, 0) is 69.7 Å². The van der Waals surface area contributed by atoms with E-state index in [0.717, 1.165) is 12.8 Å². The fraction of sp³-hybridized carbons (Fsp3) is 0.500. The third-order valence-corrected chi connectivity index (χ3v) is 6.84. The topological polar surface area (TPSA) is 131 Å². The van der Waals surface area contributed by atoms with E-state index < -0.39 is 94.1 Å². The van der Waals surface area contributed by atoms with Gasteiger partial charge in [-0.2, -0.15) is 52.7 Å². The highest BCUT2D eigenvalue weighted by atomic mass is 79.9. The maximum Gasteiger partial charge on any atom is 0.434 e. The quantitative estimate of drug-likeness (QED) is 0.227. The number of carbonyl (C=O) groups is 2. The average Bonchev–Trinajstić information content (AvgIpc) is 3.74. The highest BCUT2D eigenvalue weighted by Crippen LogP contribution is 2.40. The molecular formula is C24H19Br2F12N3O6. The van der Waals surface area contributed by atoms with Crippen molar-refractivity contribution in [3.63, 3.8) is 0 Å². The smallest absolute Gasteiger partial charge is 0.434 e. The van der Waals surface area contributed by atoms with Crippen LogP contribution in [0, 0.1) is 5.92 Å². The summed E-state index contributed by atoms with van der Waals surface area (Å²) in [5, 5.41) is 21.0. The van der Waals surface area contributed by atoms with Gasteiger partial charge in [0.25, 0.3) is 5.91 Å². The van der Waals surface area contributed by atoms with Crippen LogP contribution in [-0.4, -0.2) is 69.8 Å². The number of alkyl halides is 12. The molecule has 0 bridgehead atoms. The van der Waals surface area contributed by atoms with E-state index in [9.17, 15) is 67.4 Å². The van der Waals surface area contributed by atoms with Gasteiger partial charge in [-0.1, -0.05) is 0 Å². The summed E-state index contributed by atoms with van der Waals surface area (Å²) in [4.78, 5) is 28.7. The Morgan fingerprint density at radius 1 is 0.809 bits per heavy atom. The Morgan fingerprint density at radius 3 is 1.53 bits per heavy atom. The lowest BCUT2D eigenvalue weighted by atomic mass is 10.0. The Labute approximate surface area is 271 Å². The lowest BCUT2D eigenvalue weighted by Gasteiger charge is -2.23. The van der Waals surface area contributed by atoms with Gasteiger partial charge >= 0.3 is 30.7 Å². The number of aromatic carboxylic acids is 1. The first-order chi connectivity index (χ1) is 21.1. The number of carbonyl (C=O) groups excluding carboxylic acids is 1. The molecule has 1 fully saturated rings. The van der Waals surface area contributed by atoms with Crippen molar-refractivity contribution in [2.45, 2.75) is 50.1 Å². The number of carboxylic acid groups (broad SMARTS) is 1. The first-order valence-electron chi connectivity index (χ1n) is 12.3. The van der Waals surface area contributed by atoms with Crippen molar-refractivity contribution in [1.29, 1.82) is 0 Å². The maximum absolute atomic E-state index is 13.2. The lowest BCUT2D eigenvalue weighted by molar-refractivity contribution is -0.156. The van der Waals surface area contributed by atoms with E-state index in [1.54, 1.807) is 0 Å². The summed E-state index contributed by atoms with van der Waals surface area (Å²) < 4.78 is 157. The number of ether oxygens (including phenoxy) is 2. The van der Waals surface area contributed by atoms with Crippen LogP contribution in [0.3, 0.4) is 0 Å². The summed E-state index contributed by atoms with van der Waals surface area (Å²) in [6.45, 7) is -2.52. The Hall–Kier alpha value is -3.08. The molecule has 2 heterocycles. The number of carboxylic acids is 1. The molecule has 47 heavy (non-hydrogen) atoms. The van der Waals surface area contributed by atoms with Crippen molar-refractivity contribution in [3.8, 4) is 11.8 Å². The molecule has 0 spiro atoms. The Kier molecular flexibility index (Phi) is 12.4. The van der Waals surface area contributed by atoms with Crippen molar-refractivity contribution < 1.29 is 82.0 Å². The van der Waals surface area contributed by atoms with Crippen LogP contribution in [0.25, 0.3) is 0 Å². The van der Waals surface area contributed by atoms with E-state index in [0.29, 0.717) is 12.1 Å². The molecule has 0 aromatic carbocycles. The van der Waals surface area contributed by atoms with Gasteiger partial charge in [0.15, 0.2) is 24.6 Å². The molecule has 3 N–H and O–H groups in total. The third kappa shape index (κ3) is 12.5. The number of rotatable bonds is 9. The van der Waals surface area contributed by atoms with Crippen LogP contribution in [0.2, 0.25) is 0 Å². The number of aliphatic hydroxyl groups is 1. The minimum Gasteiger partial charge on any atom is -0.478 e. The molecule has 0 aliphatic heterocycles. The SMILES string of the molecule is CC(O)(CNC(=O)c1cc(Br)c(OCC(F)(F)F)nc1C(F)(F)F)C1CC1.O=C(O)c1cc(Br)c(OCC(F)(F)F)nc1C(F)(F)F. The highest BCUT2D eigenvalue weighted by molar-refractivity contribution is 9.10. The molecule has 3 rings (SSSR count). The number of hydrogen-bond acceptors (Lipinski definition) is 7. The van der Waals surface area contributed by atoms with Crippen molar-refractivity contribution >= 4 is 43.7 Å². The summed E-state index contributed by atoms with van der Waals surface area (Å²) in [5.41, 5.74) is -6.91. The van der Waals surface area contributed by atoms with Gasteiger partial charge in [0.2, 0.25) is 11.8 Å². The van der Waals surface area contributed by atoms with Gasteiger partial charge in [0.1, 0.15) is 0 Å². The van der Waals surface area contributed by atoms with Gasteiger partial charge in [-0.3, -0.25) is 4.79 Å². The van der Waals surface area contributed by atoms with E-state index in [1.165, 1.54) is 6.92 Å². The molecule has 2 aromatic heterocycles. The molecular weight excluding hydrogens is 814 g/mol. The first-order valence-corrected chi connectivity index (χ1v) is 13.9. The average molecular weight is 833 g/mol. The largest absolute Gasteiger partial charge is 0.478 e. The minimum atomic E-state index is -5.15. The summed E-state index contributed by atoms with van der Waals surface area (Å²) >= 11 is 5.35. The second kappa shape index (κ2) is 14.6. The predicted octanol–water partition coefficient (Wildman–Crippen LogP) is 7.20. The van der Waals surface area contributed by atoms with Crippen LogP contribution in [0.5, 0.6) is 11.8 Å². The number of pyridine rings is 2. The monoisotopic (exact) mass is 831 g/mol. The van der Waals surface area contributed by atoms with Crippen LogP contribution in [-0.2, 0) is 12.4 Å². The van der Waals surface area contributed by atoms with E-state index in [4.69, 9.17) is 5.11 Å². The molecule has 23 heteroatoms. The number of aromatic nitrogens is 2. The number of nitrogens with zero attached hydrogens (tertiary/aromatic N) is 2.